The van der Waals surface area contributed by atoms with Crippen LogP contribution in [0.2, 0.25) is 0 Å². The number of ketones is 1. The number of hydrogen-bond acceptors (Lipinski definition) is 5. The van der Waals surface area contributed by atoms with Crippen LogP contribution in [0.3, 0.4) is 0 Å². The number of hydrogen-bond donors (Lipinski definition) is 1. The maximum absolute atomic E-state index is 12.1. The lowest BCUT2D eigenvalue weighted by atomic mass is 9.70. The van der Waals surface area contributed by atoms with Gasteiger partial charge in [-0.3, -0.25) is 4.79 Å². The molecule has 0 aliphatic rings. The van der Waals surface area contributed by atoms with Gasteiger partial charge in [0.05, 0.1) is 7.11 Å². The van der Waals surface area contributed by atoms with Crippen LogP contribution in [-0.2, 0) is 19.1 Å². The van der Waals surface area contributed by atoms with Crippen LogP contribution in [0.4, 0.5) is 4.79 Å². The summed E-state index contributed by atoms with van der Waals surface area (Å²) in [4.78, 5) is 36.0. The molecule has 1 N–H and O–H groups in total. The molecular formula is C20H37NO5. The Labute approximate surface area is 158 Å². The summed E-state index contributed by atoms with van der Waals surface area (Å²) in [6.07, 6.45) is 1.49. The van der Waals surface area contributed by atoms with Gasteiger partial charge in [0.1, 0.15) is 17.4 Å². The first kappa shape index (κ1) is 24.4. The molecule has 0 rings (SSSR count). The van der Waals surface area contributed by atoms with E-state index in [-0.39, 0.29) is 16.6 Å². The van der Waals surface area contributed by atoms with Crippen LogP contribution >= 0.6 is 0 Å². The van der Waals surface area contributed by atoms with Gasteiger partial charge < -0.3 is 14.8 Å². The lowest BCUT2D eigenvalue weighted by Crippen LogP contribution is -2.46. The highest BCUT2D eigenvalue weighted by Gasteiger charge is 2.35. The van der Waals surface area contributed by atoms with Gasteiger partial charge in [-0.25, -0.2) is 9.59 Å². The van der Waals surface area contributed by atoms with E-state index in [1.54, 1.807) is 20.8 Å². The van der Waals surface area contributed by atoms with Crippen LogP contribution in [0, 0.1) is 10.8 Å². The molecule has 0 bridgehead atoms. The Morgan fingerprint density at radius 2 is 1.50 bits per heavy atom. The molecule has 1 atom stereocenters. The highest BCUT2D eigenvalue weighted by atomic mass is 16.6. The minimum Gasteiger partial charge on any atom is -0.467 e. The van der Waals surface area contributed by atoms with Gasteiger partial charge in [0.15, 0.2) is 0 Å². The SMILES string of the molecule is CCC(=O)CC(C)(C)CC(C)(C)C[C@H](NC(=O)OC(C)(C)C)C(=O)OC. The van der Waals surface area contributed by atoms with E-state index in [4.69, 9.17) is 9.47 Å². The van der Waals surface area contributed by atoms with Crippen molar-refractivity contribution in [2.45, 2.75) is 92.7 Å². The molecule has 0 aliphatic heterocycles. The highest BCUT2D eigenvalue weighted by Crippen LogP contribution is 2.39. The summed E-state index contributed by atoms with van der Waals surface area (Å²) in [7, 11) is 1.29. The van der Waals surface area contributed by atoms with E-state index in [1.165, 1.54) is 7.11 Å². The highest BCUT2D eigenvalue weighted by molar-refractivity contribution is 5.81. The molecule has 0 saturated carbocycles. The zero-order valence-electron chi connectivity index (χ0n) is 17.9. The standard InChI is InChI=1S/C20H37NO5/c1-10-14(22)11-19(5,6)13-20(7,8)12-15(16(23)25-9)21-17(24)26-18(2,3)4/h15H,10-13H2,1-9H3,(H,21,24)/t15-/m0/s1. The number of rotatable bonds is 9. The van der Waals surface area contributed by atoms with Crippen molar-refractivity contribution >= 4 is 17.8 Å². The average molecular weight is 372 g/mol. The van der Waals surface area contributed by atoms with Crippen molar-refractivity contribution in [1.29, 1.82) is 0 Å². The molecule has 0 fully saturated rings. The zero-order chi connectivity index (χ0) is 20.8. The smallest absolute Gasteiger partial charge is 0.408 e. The Bertz CT molecular complexity index is 503. The van der Waals surface area contributed by atoms with Crippen LogP contribution in [-0.4, -0.2) is 36.6 Å². The van der Waals surface area contributed by atoms with E-state index in [1.807, 2.05) is 20.8 Å². The Balaban J connectivity index is 5.10. The second kappa shape index (κ2) is 9.38. The van der Waals surface area contributed by atoms with Crippen molar-refractivity contribution < 1.29 is 23.9 Å². The second-order valence-corrected chi connectivity index (χ2v) is 9.50. The van der Waals surface area contributed by atoms with E-state index in [0.29, 0.717) is 19.3 Å². The summed E-state index contributed by atoms with van der Waals surface area (Å²) in [5, 5.41) is 2.62. The van der Waals surface area contributed by atoms with E-state index < -0.39 is 23.7 Å². The zero-order valence-corrected chi connectivity index (χ0v) is 17.9. The fourth-order valence-electron chi connectivity index (χ4n) is 3.43. The van der Waals surface area contributed by atoms with Crippen molar-refractivity contribution in [3.05, 3.63) is 0 Å². The molecule has 6 nitrogen and oxygen atoms in total. The van der Waals surface area contributed by atoms with Gasteiger partial charge in [0.25, 0.3) is 0 Å². The monoisotopic (exact) mass is 371 g/mol. The number of ether oxygens (including phenoxy) is 2. The molecule has 1 amide bonds. The lowest BCUT2D eigenvalue weighted by molar-refractivity contribution is -0.144. The number of esters is 1. The normalized spacial score (nSPS) is 13.7. The predicted octanol–water partition coefficient (Wildman–Crippen LogP) is 4.25. The van der Waals surface area contributed by atoms with E-state index in [9.17, 15) is 14.4 Å². The maximum atomic E-state index is 12.1. The summed E-state index contributed by atoms with van der Waals surface area (Å²) < 4.78 is 10.1. The van der Waals surface area contributed by atoms with Crippen molar-refractivity contribution in [3.63, 3.8) is 0 Å². The second-order valence-electron chi connectivity index (χ2n) is 9.50. The fraction of sp³-hybridized carbons (Fsp3) is 0.850. The minimum absolute atomic E-state index is 0.191. The molecule has 0 spiro atoms. The van der Waals surface area contributed by atoms with Gasteiger partial charge in [0.2, 0.25) is 0 Å². The summed E-state index contributed by atoms with van der Waals surface area (Å²) in [6.45, 7) is 15.3. The average Bonchev–Trinajstić information content (AvgIpc) is 2.41. The van der Waals surface area contributed by atoms with Crippen molar-refractivity contribution in [1.82, 2.24) is 5.32 Å². The number of nitrogens with one attached hydrogen (secondary N) is 1. The fourth-order valence-corrected chi connectivity index (χ4v) is 3.43. The molecule has 0 unspecified atom stereocenters. The molecule has 0 saturated heterocycles. The van der Waals surface area contributed by atoms with E-state index in [0.717, 1.165) is 6.42 Å². The van der Waals surface area contributed by atoms with Crippen molar-refractivity contribution in [3.8, 4) is 0 Å². The minimum atomic E-state index is -0.803. The molecular weight excluding hydrogens is 334 g/mol. The Hall–Kier alpha value is -1.59. The van der Waals surface area contributed by atoms with Crippen LogP contribution in [0.25, 0.3) is 0 Å². The number of amides is 1. The Morgan fingerprint density at radius 1 is 0.962 bits per heavy atom. The van der Waals surface area contributed by atoms with Crippen LogP contribution in [0.15, 0.2) is 0 Å². The van der Waals surface area contributed by atoms with Gasteiger partial charge in [-0.2, -0.15) is 0 Å². The first-order chi connectivity index (χ1) is 11.6. The Morgan fingerprint density at radius 3 is 1.92 bits per heavy atom. The van der Waals surface area contributed by atoms with Gasteiger partial charge in [-0.15, -0.1) is 0 Å². The molecule has 0 radical (unpaired) electrons. The third-order valence-electron chi connectivity index (χ3n) is 3.96. The molecule has 0 heterocycles. The van der Waals surface area contributed by atoms with Crippen LogP contribution < -0.4 is 5.32 Å². The van der Waals surface area contributed by atoms with Crippen LogP contribution in [0.5, 0.6) is 0 Å². The van der Waals surface area contributed by atoms with Gasteiger partial charge in [-0.05, 0) is 44.4 Å². The number of carbonyl (C=O) groups is 3. The first-order valence-electron chi connectivity index (χ1n) is 9.20. The Kier molecular flexibility index (Phi) is 8.80. The summed E-state index contributed by atoms with van der Waals surface area (Å²) in [6, 6.07) is -0.803. The molecule has 0 aromatic rings. The van der Waals surface area contributed by atoms with Crippen molar-refractivity contribution in [2.75, 3.05) is 7.11 Å². The third kappa shape index (κ3) is 10.4. The van der Waals surface area contributed by atoms with Gasteiger partial charge in [-0.1, -0.05) is 34.6 Å². The maximum Gasteiger partial charge on any atom is 0.408 e. The molecule has 0 aromatic heterocycles. The quantitative estimate of drug-likeness (QED) is 0.613. The lowest BCUT2D eigenvalue weighted by Gasteiger charge is -2.36. The third-order valence-corrected chi connectivity index (χ3v) is 3.96. The van der Waals surface area contributed by atoms with E-state index >= 15 is 0 Å². The largest absolute Gasteiger partial charge is 0.467 e. The summed E-state index contributed by atoms with van der Waals surface area (Å²) >= 11 is 0. The molecule has 152 valence electrons. The summed E-state index contributed by atoms with van der Waals surface area (Å²) in [5.41, 5.74) is -1.13. The van der Waals surface area contributed by atoms with Gasteiger partial charge in [0, 0.05) is 12.8 Å². The van der Waals surface area contributed by atoms with Crippen LogP contribution in [0.1, 0.15) is 81.1 Å². The molecule has 6 heteroatoms. The summed E-state index contributed by atoms with van der Waals surface area (Å²) in [5.74, 6) is -0.284. The predicted molar refractivity (Wildman–Crippen MR) is 102 cm³/mol. The number of Topliss-reactive ketones (excluding diaryl/α,β-unsaturated/α-hetero) is 1. The number of alkyl carbamates (subject to hydrolysis) is 1. The van der Waals surface area contributed by atoms with Crippen molar-refractivity contribution in [2.24, 2.45) is 10.8 Å². The molecule has 0 aliphatic carbocycles. The topological polar surface area (TPSA) is 81.7 Å². The van der Waals surface area contributed by atoms with E-state index in [2.05, 4.69) is 19.2 Å². The molecule has 0 aromatic carbocycles. The number of carbonyl (C=O) groups excluding carboxylic acids is 3. The first-order valence-corrected chi connectivity index (χ1v) is 9.20. The number of methoxy groups -OCH3 is 1. The van der Waals surface area contributed by atoms with Gasteiger partial charge >= 0.3 is 12.1 Å². The molecule has 26 heavy (non-hydrogen) atoms.